The lowest BCUT2D eigenvalue weighted by Crippen LogP contribution is -2.49. The maximum atomic E-state index is 11.8. The van der Waals surface area contributed by atoms with Gasteiger partial charge >= 0.3 is 12.1 Å². The number of piperidine rings is 1. The molecular formula is C22H36N6O3. The molecule has 0 radical (unpaired) electrons. The molecule has 31 heavy (non-hydrogen) atoms. The topological polar surface area (TPSA) is 107 Å². The van der Waals surface area contributed by atoms with E-state index in [1.165, 1.54) is 0 Å². The Balaban J connectivity index is 1.85. The van der Waals surface area contributed by atoms with Crippen LogP contribution in [0.25, 0.3) is 0 Å². The normalized spacial score (nSPS) is 14.9. The average Bonchev–Trinajstić information content (AvgIpc) is 2.73. The number of rotatable bonds is 7. The van der Waals surface area contributed by atoms with Crippen LogP contribution < -0.4 is 21.3 Å². The number of carbonyl (C=O) groups excluding carboxylic acids is 2. The van der Waals surface area contributed by atoms with Gasteiger partial charge in [-0.05, 0) is 58.2 Å². The molecule has 9 heteroatoms. The lowest BCUT2D eigenvalue weighted by Gasteiger charge is -2.32. The van der Waals surface area contributed by atoms with Crippen LogP contribution in [0.5, 0.6) is 0 Å². The average molecular weight is 433 g/mol. The van der Waals surface area contributed by atoms with Crippen molar-refractivity contribution in [2.45, 2.75) is 59.2 Å². The van der Waals surface area contributed by atoms with Crippen LogP contribution in [0.4, 0.5) is 15.3 Å². The molecule has 0 spiro atoms. The lowest BCUT2D eigenvalue weighted by molar-refractivity contribution is 0.0963. The number of aliphatic imine (C=N–C) groups is 1. The summed E-state index contributed by atoms with van der Waals surface area (Å²) in [5.74, 6) is 0.760. The Morgan fingerprint density at radius 1 is 1.16 bits per heavy atom. The third-order valence-corrected chi connectivity index (χ3v) is 4.76. The predicted octanol–water partition coefficient (Wildman–Crippen LogP) is 2.89. The smallest absolute Gasteiger partial charge is 0.409 e. The van der Waals surface area contributed by atoms with Crippen molar-refractivity contribution in [2.75, 3.05) is 31.6 Å². The van der Waals surface area contributed by atoms with Gasteiger partial charge in [0, 0.05) is 37.4 Å². The minimum Gasteiger partial charge on any atom is -0.450 e. The second kappa shape index (κ2) is 12.7. The summed E-state index contributed by atoms with van der Waals surface area (Å²) in [5.41, 5.74) is 1.79. The molecule has 2 rings (SSSR count). The Hall–Kier alpha value is -2.97. The van der Waals surface area contributed by atoms with E-state index in [1.807, 2.05) is 52.0 Å². The Bertz CT molecular complexity index is 727. The van der Waals surface area contributed by atoms with Crippen LogP contribution >= 0.6 is 0 Å². The number of carbonyl (C=O) groups is 2. The highest BCUT2D eigenvalue weighted by molar-refractivity contribution is 5.89. The molecule has 0 bridgehead atoms. The summed E-state index contributed by atoms with van der Waals surface area (Å²) in [6, 6.07) is 7.78. The number of amides is 3. The summed E-state index contributed by atoms with van der Waals surface area (Å²) in [7, 11) is 0. The molecule has 0 aliphatic carbocycles. The zero-order chi connectivity index (χ0) is 22.6. The van der Waals surface area contributed by atoms with Crippen molar-refractivity contribution in [3.8, 4) is 0 Å². The van der Waals surface area contributed by atoms with Crippen LogP contribution in [0.2, 0.25) is 0 Å². The molecule has 0 saturated carbocycles. The fourth-order valence-corrected chi connectivity index (χ4v) is 3.23. The first kappa shape index (κ1) is 24.3. The molecule has 1 saturated heterocycles. The maximum Gasteiger partial charge on any atom is 0.409 e. The highest BCUT2D eigenvalue weighted by atomic mass is 16.6. The SMILES string of the molecule is CCNC(=NCc1ccc(NC(=O)NC(C)C)cc1)NC1CCN(C(=O)OCC)CC1. The number of likely N-dealkylation sites (tertiary alicyclic amines) is 1. The fraction of sp³-hybridized carbons (Fsp3) is 0.591. The first-order valence-electron chi connectivity index (χ1n) is 11.0. The third-order valence-electron chi connectivity index (χ3n) is 4.76. The number of hydrogen-bond donors (Lipinski definition) is 4. The lowest BCUT2D eigenvalue weighted by atomic mass is 10.1. The monoisotopic (exact) mass is 432 g/mol. The number of ether oxygens (including phenoxy) is 1. The van der Waals surface area contributed by atoms with E-state index in [2.05, 4.69) is 26.3 Å². The summed E-state index contributed by atoms with van der Waals surface area (Å²) in [6.07, 6.45) is 1.46. The molecule has 1 fully saturated rings. The minimum absolute atomic E-state index is 0.0861. The molecule has 0 aromatic heterocycles. The van der Waals surface area contributed by atoms with Crippen LogP contribution in [0, 0.1) is 0 Å². The van der Waals surface area contributed by atoms with Gasteiger partial charge in [-0.25, -0.2) is 14.6 Å². The van der Waals surface area contributed by atoms with E-state index in [1.54, 1.807) is 4.90 Å². The van der Waals surface area contributed by atoms with Crippen LogP contribution in [-0.4, -0.2) is 61.3 Å². The van der Waals surface area contributed by atoms with E-state index in [0.717, 1.165) is 36.6 Å². The van der Waals surface area contributed by atoms with E-state index in [-0.39, 0.29) is 24.2 Å². The molecule has 172 valence electrons. The van der Waals surface area contributed by atoms with Crippen molar-refractivity contribution < 1.29 is 14.3 Å². The molecule has 1 aliphatic heterocycles. The highest BCUT2D eigenvalue weighted by Gasteiger charge is 2.24. The molecule has 0 unspecified atom stereocenters. The molecule has 1 aliphatic rings. The first-order valence-corrected chi connectivity index (χ1v) is 11.0. The molecule has 9 nitrogen and oxygen atoms in total. The molecule has 3 amide bonds. The maximum absolute atomic E-state index is 11.8. The van der Waals surface area contributed by atoms with Crippen molar-refractivity contribution in [3.05, 3.63) is 29.8 Å². The van der Waals surface area contributed by atoms with Gasteiger partial charge in [-0.3, -0.25) is 0 Å². The molecular weight excluding hydrogens is 396 g/mol. The largest absolute Gasteiger partial charge is 0.450 e. The van der Waals surface area contributed by atoms with Gasteiger partial charge in [0.05, 0.1) is 13.2 Å². The number of anilines is 1. The third kappa shape index (κ3) is 8.74. The Morgan fingerprint density at radius 2 is 1.84 bits per heavy atom. The standard InChI is InChI=1S/C22H36N6O3/c1-5-23-20(26-19-11-13-28(14-12-19)22(30)31-6-2)24-15-17-7-9-18(10-8-17)27-21(29)25-16(3)4/h7-10,16,19H,5-6,11-15H2,1-4H3,(H2,23,24,26)(H2,25,27,29). The van der Waals surface area contributed by atoms with Gasteiger partial charge in [0.2, 0.25) is 0 Å². The first-order chi connectivity index (χ1) is 14.9. The summed E-state index contributed by atoms with van der Waals surface area (Å²) in [5, 5.41) is 12.4. The van der Waals surface area contributed by atoms with Gasteiger partial charge in [-0.2, -0.15) is 0 Å². The number of nitrogens with one attached hydrogen (secondary N) is 4. The van der Waals surface area contributed by atoms with Crippen LogP contribution in [0.3, 0.4) is 0 Å². The van der Waals surface area contributed by atoms with Crippen molar-refractivity contribution >= 4 is 23.8 Å². The zero-order valence-electron chi connectivity index (χ0n) is 19.0. The summed E-state index contributed by atoms with van der Waals surface area (Å²) in [6.45, 7) is 10.7. The molecule has 1 heterocycles. The van der Waals surface area contributed by atoms with Crippen LogP contribution in [0.1, 0.15) is 46.1 Å². The van der Waals surface area contributed by atoms with Crippen LogP contribution in [-0.2, 0) is 11.3 Å². The second-order valence-electron chi connectivity index (χ2n) is 7.75. The molecule has 4 N–H and O–H groups in total. The van der Waals surface area contributed by atoms with Crippen LogP contribution in [0.15, 0.2) is 29.3 Å². The molecule has 1 aromatic carbocycles. The fourth-order valence-electron chi connectivity index (χ4n) is 3.23. The van der Waals surface area contributed by atoms with E-state index >= 15 is 0 Å². The van der Waals surface area contributed by atoms with Crippen molar-refractivity contribution in [1.29, 1.82) is 0 Å². The zero-order valence-corrected chi connectivity index (χ0v) is 19.0. The summed E-state index contributed by atoms with van der Waals surface area (Å²) in [4.78, 5) is 30.1. The van der Waals surface area contributed by atoms with Gasteiger partial charge in [0.25, 0.3) is 0 Å². The number of hydrogen-bond acceptors (Lipinski definition) is 4. The second-order valence-corrected chi connectivity index (χ2v) is 7.75. The number of urea groups is 1. The quantitative estimate of drug-likeness (QED) is 0.392. The van der Waals surface area contributed by atoms with Crippen molar-refractivity contribution in [3.63, 3.8) is 0 Å². The summed E-state index contributed by atoms with van der Waals surface area (Å²) < 4.78 is 5.07. The van der Waals surface area contributed by atoms with Crippen molar-refractivity contribution in [2.24, 2.45) is 4.99 Å². The predicted molar refractivity (Wildman–Crippen MR) is 123 cm³/mol. The summed E-state index contributed by atoms with van der Waals surface area (Å²) >= 11 is 0. The van der Waals surface area contributed by atoms with Gasteiger partial charge in [-0.1, -0.05) is 12.1 Å². The van der Waals surface area contributed by atoms with Gasteiger partial charge in [-0.15, -0.1) is 0 Å². The number of benzene rings is 1. The molecule has 0 atom stereocenters. The van der Waals surface area contributed by atoms with Gasteiger partial charge in [0.15, 0.2) is 5.96 Å². The van der Waals surface area contributed by atoms with Gasteiger partial charge < -0.3 is 30.9 Å². The van der Waals surface area contributed by atoms with E-state index in [4.69, 9.17) is 4.74 Å². The van der Waals surface area contributed by atoms with Gasteiger partial charge in [0.1, 0.15) is 0 Å². The van der Waals surface area contributed by atoms with Crippen molar-refractivity contribution in [1.82, 2.24) is 20.9 Å². The molecule has 1 aromatic rings. The Labute approximate surface area is 185 Å². The Morgan fingerprint density at radius 3 is 2.42 bits per heavy atom. The van der Waals surface area contributed by atoms with E-state index in [0.29, 0.717) is 26.2 Å². The highest BCUT2D eigenvalue weighted by Crippen LogP contribution is 2.13. The Kier molecular flexibility index (Phi) is 9.93. The minimum atomic E-state index is -0.235. The number of nitrogens with zero attached hydrogens (tertiary/aromatic N) is 2. The number of guanidine groups is 1. The van der Waals surface area contributed by atoms with E-state index in [9.17, 15) is 9.59 Å². The van der Waals surface area contributed by atoms with E-state index < -0.39 is 0 Å².